The summed E-state index contributed by atoms with van der Waals surface area (Å²) in [7, 11) is 0. The van der Waals surface area contributed by atoms with Gasteiger partial charge in [0.25, 0.3) is 11.5 Å². The highest BCUT2D eigenvalue weighted by atomic mass is 19.4. The normalized spacial score (nSPS) is 14.5. The molecule has 1 aliphatic heterocycles. The van der Waals surface area contributed by atoms with Crippen LogP contribution in [0.1, 0.15) is 44.3 Å². The van der Waals surface area contributed by atoms with E-state index in [2.05, 4.69) is 5.32 Å². The first-order valence-corrected chi connectivity index (χ1v) is 9.69. The highest BCUT2D eigenvalue weighted by Crippen LogP contribution is 2.28. The van der Waals surface area contributed by atoms with E-state index in [4.69, 9.17) is 4.74 Å². The van der Waals surface area contributed by atoms with Gasteiger partial charge in [-0.3, -0.25) is 9.59 Å². The predicted molar refractivity (Wildman–Crippen MR) is 108 cm³/mol. The fourth-order valence-corrected chi connectivity index (χ4v) is 3.59. The lowest BCUT2D eigenvalue weighted by Crippen LogP contribution is -2.34. The number of hydrogen-bond donors (Lipinski definition) is 2. The minimum atomic E-state index is -4.70. The molecule has 1 amide bonds. The number of carbonyl (C=O) groups excluding carboxylic acids is 1. The SMILES string of the molecule is O=C(NC(c1ccccc1)c1ccc2c(c1)CCOC2)c1ccc(C(F)(F)F)[nH]c1=O. The summed E-state index contributed by atoms with van der Waals surface area (Å²) >= 11 is 0. The first-order valence-electron chi connectivity index (χ1n) is 9.69. The van der Waals surface area contributed by atoms with E-state index in [0.29, 0.717) is 19.3 Å². The first-order chi connectivity index (χ1) is 14.8. The molecular formula is C23H19F3N2O3. The summed E-state index contributed by atoms with van der Waals surface area (Å²) in [6.07, 6.45) is -3.95. The number of rotatable bonds is 4. The number of ether oxygens (including phenoxy) is 1. The minimum Gasteiger partial charge on any atom is -0.376 e. The van der Waals surface area contributed by atoms with Crippen molar-refractivity contribution >= 4 is 5.91 Å². The maximum atomic E-state index is 12.8. The number of aromatic amines is 1. The summed E-state index contributed by atoms with van der Waals surface area (Å²) in [6.45, 7) is 1.14. The second-order valence-electron chi connectivity index (χ2n) is 7.26. The van der Waals surface area contributed by atoms with Crippen LogP contribution in [0.3, 0.4) is 0 Å². The maximum Gasteiger partial charge on any atom is 0.431 e. The molecule has 3 aromatic rings. The summed E-state index contributed by atoms with van der Waals surface area (Å²) < 4.78 is 43.9. The van der Waals surface area contributed by atoms with Crippen molar-refractivity contribution in [3.63, 3.8) is 0 Å². The zero-order chi connectivity index (χ0) is 22.0. The third kappa shape index (κ3) is 4.54. The van der Waals surface area contributed by atoms with Gasteiger partial charge >= 0.3 is 6.18 Å². The molecule has 0 radical (unpaired) electrons. The van der Waals surface area contributed by atoms with Crippen molar-refractivity contribution in [1.29, 1.82) is 0 Å². The summed E-state index contributed by atoms with van der Waals surface area (Å²) in [6, 6.07) is 16.0. The fourth-order valence-electron chi connectivity index (χ4n) is 3.59. The molecule has 1 unspecified atom stereocenters. The number of nitrogens with one attached hydrogen (secondary N) is 2. The highest BCUT2D eigenvalue weighted by molar-refractivity contribution is 5.94. The van der Waals surface area contributed by atoms with Crippen LogP contribution in [0.25, 0.3) is 0 Å². The van der Waals surface area contributed by atoms with Crippen LogP contribution >= 0.6 is 0 Å². The summed E-state index contributed by atoms with van der Waals surface area (Å²) in [4.78, 5) is 26.7. The molecule has 1 aliphatic rings. The Morgan fingerprint density at radius 3 is 2.48 bits per heavy atom. The number of benzene rings is 2. The molecule has 2 heterocycles. The van der Waals surface area contributed by atoms with E-state index < -0.39 is 29.4 Å². The van der Waals surface area contributed by atoms with Crippen LogP contribution in [0.15, 0.2) is 65.5 Å². The standard InChI is InChI=1S/C23H19F3N2O3/c24-23(25,26)19-9-8-18(21(29)27-19)22(30)28-20(14-4-2-1-3-5-14)16-6-7-17-13-31-11-10-15(17)12-16/h1-9,12,20H,10-11,13H2,(H,27,29)(H,28,30). The third-order valence-corrected chi connectivity index (χ3v) is 5.20. The smallest absolute Gasteiger partial charge is 0.376 e. The number of pyridine rings is 1. The number of hydrogen-bond acceptors (Lipinski definition) is 3. The molecule has 4 rings (SSSR count). The van der Waals surface area contributed by atoms with Crippen LogP contribution in [-0.4, -0.2) is 17.5 Å². The molecule has 1 atom stereocenters. The van der Waals surface area contributed by atoms with E-state index in [9.17, 15) is 22.8 Å². The Kier molecular flexibility index (Phi) is 5.65. The van der Waals surface area contributed by atoms with Gasteiger partial charge in [0.1, 0.15) is 11.3 Å². The Balaban J connectivity index is 1.68. The molecule has 2 aromatic carbocycles. The monoisotopic (exact) mass is 428 g/mol. The van der Waals surface area contributed by atoms with Gasteiger partial charge in [-0.25, -0.2) is 0 Å². The van der Waals surface area contributed by atoms with Crippen molar-refractivity contribution in [3.8, 4) is 0 Å². The molecule has 0 saturated carbocycles. The largest absolute Gasteiger partial charge is 0.431 e. The molecule has 0 spiro atoms. The second-order valence-corrected chi connectivity index (χ2v) is 7.26. The predicted octanol–water partition coefficient (Wildman–Crippen LogP) is 3.99. The van der Waals surface area contributed by atoms with Crippen molar-refractivity contribution < 1.29 is 22.7 Å². The zero-order valence-corrected chi connectivity index (χ0v) is 16.3. The van der Waals surface area contributed by atoms with E-state index in [1.54, 1.807) is 4.98 Å². The Labute approximate surface area is 175 Å². The van der Waals surface area contributed by atoms with Crippen LogP contribution in [0.2, 0.25) is 0 Å². The second kappa shape index (κ2) is 8.39. The van der Waals surface area contributed by atoms with Crippen molar-refractivity contribution in [2.24, 2.45) is 0 Å². The van der Waals surface area contributed by atoms with Gasteiger partial charge in [0.15, 0.2) is 0 Å². The minimum absolute atomic E-state index is 0.389. The number of halogens is 3. The van der Waals surface area contributed by atoms with E-state index in [1.165, 1.54) is 0 Å². The number of aromatic nitrogens is 1. The average molecular weight is 428 g/mol. The molecule has 1 aromatic heterocycles. The van der Waals surface area contributed by atoms with Gasteiger partial charge in [-0.1, -0.05) is 48.5 Å². The van der Waals surface area contributed by atoms with Gasteiger partial charge in [0.2, 0.25) is 0 Å². The number of fused-ring (bicyclic) bond motifs is 1. The topological polar surface area (TPSA) is 71.2 Å². The van der Waals surface area contributed by atoms with Gasteiger partial charge in [-0.05, 0) is 40.8 Å². The lowest BCUT2D eigenvalue weighted by molar-refractivity contribution is -0.141. The van der Waals surface area contributed by atoms with Crippen LogP contribution in [-0.2, 0) is 23.9 Å². The third-order valence-electron chi connectivity index (χ3n) is 5.20. The molecule has 0 bridgehead atoms. The highest BCUT2D eigenvalue weighted by Gasteiger charge is 2.32. The van der Waals surface area contributed by atoms with Crippen molar-refractivity contribution in [1.82, 2.24) is 10.3 Å². The van der Waals surface area contributed by atoms with Crippen LogP contribution in [0.4, 0.5) is 13.2 Å². The van der Waals surface area contributed by atoms with Gasteiger partial charge < -0.3 is 15.0 Å². The van der Waals surface area contributed by atoms with Gasteiger partial charge in [-0.2, -0.15) is 13.2 Å². The maximum absolute atomic E-state index is 12.8. The van der Waals surface area contributed by atoms with Crippen LogP contribution in [0.5, 0.6) is 0 Å². The molecular weight excluding hydrogens is 409 g/mol. The van der Waals surface area contributed by atoms with Gasteiger partial charge in [0.05, 0.1) is 19.3 Å². The lowest BCUT2D eigenvalue weighted by atomic mass is 9.93. The summed E-state index contributed by atoms with van der Waals surface area (Å²) in [5, 5.41) is 2.80. The fraction of sp³-hybridized carbons (Fsp3) is 0.217. The summed E-state index contributed by atoms with van der Waals surface area (Å²) in [5.74, 6) is -0.759. The van der Waals surface area contributed by atoms with Crippen LogP contribution < -0.4 is 10.9 Å². The molecule has 31 heavy (non-hydrogen) atoms. The number of amides is 1. The number of carbonyl (C=O) groups is 1. The quantitative estimate of drug-likeness (QED) is 0.660. The number of alkyl halides is 3. The Morgan fingerprint density at radius 2 is 1.77 bits per heavy atom. The molecule has 160 valence electrons. The lowest BCUT2D eigenvalue weighted by Gasteiger charge is -2.23. The average Bonchev–Trinajstić information content (AvgIpc) is 2.77. The molecule has 0 saturated heterocycles. The Morgan fingerprint density at radius 1 is 1.00 bits per heavy atom. The van der Waals surface area contributed by atoms with Crippen molar-refractivity contribution in [2.75, 3.05) is 6.61 Å². The first kappa shape index (κ1) is 20.9. The van der Waals surface area contributed by atoms with Crippen molar-refractivity contribution in [3.05, 3.63) is 105 Å². The van der Waals surface area contributed by atoms with Crippen LogP contribution in [0, 0.1) is 0 Å². The molecule has 8 heteroatoms. The summed E-state index contributed by atoms with van der Waals surface area (Å²) in [5.41, 5.74) is 1.10. The van der Waals surface area contributed by atoms with Crippen molar-refractivity contribution in [2.45, 2.75) is 25.2 Å². The Hall–Kier alpha value is -3.39. The molecule has 0 fully saturated rings. The van der Waals surface area contributed by atoms with E-state index >= 15 is 0 Å². The van der Waals surface area contributed by atoms with E-state index in [1.807, 2.05) is 48.5 Å². The molecule has 2 N–H and O–H groups in total. The van der Waals surface area contributed by atoms with Gasteiger partial charge in [0, 0.05) is 0 Å². The zero-order valence-electron chi connectivity index (χ0n) is 16.3. The number of H-pyrrole nitrogens is 1. The van der Waals surface area contributed by atoms with Gasteiger partial charge in [-0.15, -0.1) is 0 Å². The molecule has 0 aliphatic carbocycles. The Bertz CT molecular complexity index is 1160. The molecule has 5 nitrogen and oxygen atoms in total. The van der Waals surface area contributed by atoms with E-state index in [0.717, 1.165) is 34.7 Å². The van der Waals surface area contributed by atoms with E-state index in [-0.39, 0.29) is 5.56 Å².